The molecule has 2 heterocycles. The van der Waals surface area contributed by atoms with E-state index >= 15 is 0 Å². The lowest BCUT2D eigenvalue weighted by Crippen LogP contribution is -2.00. The summed E-state index contributed by atoms with van der Waals surface area (Å²) in [4.78, 5) is 9.42. The number of unbranched alkanes of at least 4 members (excludes halogenated alkanes) is 3. The Kier molecular flexibility index (Phi) is 7.46. The number of halogens is 1. The van der Waals surface area contributed by atoms with Crippen LogP contribution in [0.3, 0.4) is 0 Å². The van der Waals surface area contributed by atoms with Crippen molar-refractivity contribution in [2.24, 2.45) is 0 Å². The van der Waals surface area contributed by atoms with Crippen LogP contribution in [0.2, 0.25) is 5.02 Å². The molecule has 1 fully saturated rings. The van der Waals surface area contributed by atoms with Crippen LogP contribution in [0, 0.1) is 13.8 Å². The fourth-order valence-electron chi connectivity index (χ4n) is 4.45. The maximum absolute atomic E-state index is 6.54. The number of benzene rings is 1. The number of hydrogen-bond acceptors (Lipinski definition) is 5. The van der Waals surface area contributed by atoms with Gasteiger partial charge in [-0.15, -0.1) is 0 Å². The van der Waals surface area contributed by atoms with E-state index < -0.39 is 0 Å². The predicted octanol–water partition coefficient (Wildman–Crippen LogP) is 7.69. The summed E-state index contributed by atoms with van der Waals surface area (Å²) in [6, 6.07) is 7.97. The van der Waals surface area contributed by atoms with Gasteiger partial charge in [-0.05, 0) is 62.9 Å². The first-order chi connectivity index (χ1) is 15.5. The van der Waals surface area contributed by atoms with Gasteiger partial charge in [0.05, 0.1) is 11.6 Å². The fraction of sp³-hybridized carbons (Fsp3) is 0.500. The zero-order valence-electron chi connectivity index (χ0n) is 19.3. The minimum atomic E-state index is 0.509. The van der Waals surface area contributed by atoms with Gasteiger partial charge >= 0.3 is 0 Å². The largest absolute Gasteiger partial charge is 0.492 e. The lowest BCUT2D eigenvalue weighted by Gasteiger charge is -2.12. The molecule has 0 spiro atoms. The Morgan fingerprint density at radius 2 is 1.81 bits per heavy atom. The molecule has 0 unspecified atom stereocenters. The van der Waals surface area contributed by atoms with Gasteiger partial charge in [-0.1, -0.05) is 55.8 Å². The van der Waals surface area contributed by atoms with Crippen molar-refractivity contribution in [1.29, 1.82) is 0 Å². The van der Waals surface area contributed by atoms with Gasteiger partial charge in [0, 0.05) is 28.4 Å². The van der Waals surface area contributed by atoms with Gasteiger partial charge in [-0.3, -0.25) is 4.98 Å². The highest BCUT2D eigenvalue weighted by atomic mass is 35.5. The topological polar surface area (TPSA) is 61.0 Å². The molecule has 3 aromatic rings. The summed E-state index contributed by atoms with van der Waals surface area (Å²) in [5, 5.41) is 4.80. The van der Waals surface area contributed by atoms with E-state index in [0.717, 1.165) is 40.2 Å². The molecule has 6 heteroatoms. The van der Waals surface area contributed by atoms with E-state index in [-0.39, 0.29) is 0 Å². The molecular weight excluding hydrogens is 422 g/mol. The van der Waals surface area contributed by atoms with Crippen LogP contribution in [0.25, 0.3) is 22.8 Å². The van der Waals surface area contributed by atoms with Gasteiger partial charge < -0.3 is 9.26 Å². The molecular formula is C26H32ClN3O2. The molecule has 1 aliphatic carbocycles. The number of rotatable bonds is 9. The number of aromatic nitrogens is 3. The number of hydrogen-bond donors (Lipinski definition) is 0. The molecule has 0 radical (unpaired) electrons. The summed E-state index contributed by atoms with van der Waals surface area (Å²) in [5.41, 5.74) is 4.83. The van der Waals surface area contributed by atoms with Gasteiger partial charge in [0.15, 0.2) is 0 Å². The molecule has 0 amide bonds. The molecule has 0 saturated heterocycles. The normalized spacial score (nSPS) is 14.2. The van der Waals surface area contributed by atoms with Crippen LogP contribution in [-0.4, -0.2) is 21.7 Å². The van der Waals surface area contributed by atoms with Gasteiger partial charge in [0.1, 0.15) is 5.75 Å². The molecule has 0 N–H and O–H groups in total. The van der Waals surface area contributed by atoms with Crippen molar-refractivity contribution < 1.29 is 9.26 Å². The van der Waals surface area contributed by atoms with Gasteiger partial charge in [0.25, 0.3) is 5.89 Å². The molecule has 4 rings (SSSR count). The Labute approximate surface area is 195 Å². The van der Waals surface area contributed by atoms with E-state index in [1.807, 2.05) is 32.0 Å². The third-order valence-electron chi connectivity index (χ3n) is 6.15. The lowest BCUT2D eigenvalue weighted by atomic mass is 10.0. The Morgan fingerprint density at radius 3 is 2.56 bits per heavy atom. The van der Waals surface area contributed by atoms with E-state index in [2.05, 4.69) is 23.1 Å². The van der Waals surface area contributed by atoms with Crippen LogP contribution in [0.5, 0.6) is 5.75 Å². The summed E-state index contributed by atoms with van der Waals surface area (Å²) < 4.78 is 11.6. The van der Waals surface area contributed by atoms with Crippen molar-refractivity contribution in [3.8, 4) is 28.6 Å². The highest BCUT2D eigenvalue weighted by Crippen LogP contribution is 2.36. The van der Waals surface area contributed by atoms with Crippen molar-refractivity contribution in [3.63, 3.8) is 0 Å². The molecule has 1 saturated carbocycles. The summed E-state index contributed by atoms with van der Waals surface area (Å²) in [5.74, 6) is 2.31. The second-order valence-corrected chi connectivity index (χ2v) is 9.25. The van der Waals surface area contributed by atoms with Crippen LogP contribution in [0.4, 0.5) is 0 Å². The summed E-state index contributed by atoms with van der Waals surface area (Å²) >= 11 is 6.54. The molecule has 2 aromatic heterocycles. The molecule has 0 aliphatic heterocycles. The third kappa shape index (κ3) is 5.32. The van der Waals surface area contributed by atoms with Crippen LogP contribution >= 0.6 is 11.6 Å². The zero-order valence-corrected chi connectivity index (χ0v) is 20.0. The van der Waals surface area contributed by atoms with Crippen molar-refractivity contribution in [3.05, 3.63) is 46.2 Å². The van der Waals surface area contributed by atoms with Crippen molar-refractivity contribution in [2.45, 2.75) is 78.1 Å². The van der Waals surface area contributed by atoms with E-state index in [1.165, 1.54) is 44.9 Å². The molecule has 1 aromatic carbocycles. The van der Waals surface area contributed by atoms with Gasteiger partial charge in [-0.25, -0.2) is 0 Å². The number of ether oxygens (including phenoxy) is 1. The minimum absolute atomic E-state index is 0.509. The maximum Gasteiger partial charge on any atom is 0.258 e. The first-order valence-electron chi connectivity index (χ1n) is 11.8. The molecule has 1 aliphatic rings. The highest BCUT2D eigenvalue weighted by molar-refractivity contribution is 6.32. The Morgan fingerprint density at radius 1 is 1.00 bits per heavy atom. The lowest BCUT2D eigenvalue weighted by molar-refractivity contribution is 0.303. The first kappa shape index (κ1) is 22.8. The predicted molar refractivity (Wildman–Crippen MR) is 128 cm³/mol. The van der Waals surface area contributed by atoms with Crippen molar-refractivity contribution in [2.75, 3.05) is 6.61 Å². The SMILES string of the molecule is CCCCCCOc1c(C)cc(-c2noc(-c3cc(C)nc(C4CCCC4)c3)n2)cc1Cl. The van der Waals surface area contributed by atoms with Crippen molar-refractivity contribution in [1.82, 2.24) is 15.1 Å². The van der Waals surface area contributed by atoms with E-state index in [1.54, 1.807) is 0 Å². The summed E-state index contributed by atoms with van der Waals surface area (Å²) in [7, 11) is 0. The number of pyridine rings is 1. The molecule has 170 valence electrons. The van der Waals surface area contributed by atoms with E-state index in [0.29, 0.717) is 29.3 Å². The second-order valence-electron chi connectivity index (χ2n) is 8.84. The second kappa shape index (κ2) is 10.5. The quantitative estimate of drug-likeness (QED) is 0.311. The van der Waals surface area contributed by atoms with Crippen LogP contribution in [-0.2, 0) is 0 Å². The average molecular weight is 454 g/mol. The van der Waals surface area contributed by atoms with E-state index in [4.69, 9.17) is 25.8 Å². The van der Waals surface area contributed by atoms with Gasteiger partial charge in [-0.2, -0.15) is 4.98 Å². The molecule has 5 nitrogen and oxygen atoms in total. The molecule has 32 heavy (non-hydrogen) atoms. The Balaban J connectivity index is 1.52. The van der Waals surface area contributed by atoms with Crippen LogP contribution in [0.1, 0.15) is 81.2 Å². The zero-order chi connectivity index (χ0) is 22.5. The monoisotopic (exact) mass is 453 g/mol. The maximum atomic E-state index is 6.54. The standard InChI is InChI=1S/C26H32ClN3O2/c1-4-5-6-9-12-31-24-17(2)13-20(15-22(24)27)25-29-26(32-30-25)21-14-18(3)28-23(16-21)19-10-7-8-11-19/h13-16,19H,4-12H2,1-3H3. The van der Waals surface area contributed by atoms with Crippen LogP contribution in [0.15, 0.2) is 28.8 Å². The number of nitrogens with zero attached hydrogens (tertiary/aromatic N) is 3. The summed E-state index contributed by atoms with van der Waals surface area (Å²) in [6.45, 7) is 6.90. The van der Waals surface area contributed by atoms with Gasteiger partial charge in [0.2, 0.25) is 5.82 Å². The summed E-state index contributed by atoms with van der Waals surface area (Å²) in [6.07, 6.45) is 9.61. The molecule has 0 atom stereocenters. The minimum Gasteiger partial charge on any atom is -0.492 e. The molecule has 0 bridgehead atoms. The smallest absolute Gasteiger partial charge is 0.258 e. The van der Waals surface area contributed by atoms with Crippen molar-refractivity contribution >= 4 is 11.6 Å². The highest BCUT2D eigenvalue weighted by Gasteiger charge is 2.21. The fourth-order valence-corrected chi connectivity index (χ4v) is 4.77. The first-order valence-corrected chi connectivity index (χ1v) is 12.2. The Bertz CT molecular complexity index is 1030. The average Bonchev–Trinajstić information content (AvgIpc) is 3.47. The Hall–Kier alpha value is -2.40. The third-order valence-corrected chi connectivity index (χ3v) is 6.43. The van der Waals surface area contributed by atoms with E-state index in [9.17, 15) is 0 Å². The van der Waals surface area contributed by atoms with Crippen LogP contribution < -0.4 is 4.74 Å². The number of aryl methyl sites for hydroxylation is 2.